The van der Waals surface area contributed by atoms with Crippen LogP contribution in [0.1, 0.15) is 36.8 Å². The summed E-state index contributed by atoms with van der Waals surface area (Å²) >= 11 is 12.5. The first kappa shape index (κ1) is 24.8. The largest absolute Gasteiger partial charge is 0.495 e. The molecule has 10 heteroatoms. The van der Waals surface area contributed by atoms with Crippen molar-refractivity contribution in [1.82, 2.24) is 15.3 Å². The van der Waals surface area contributed by atoms with E-state index in [9.17, 15) is 4.79 Å². The van der Waals surface area contributed by atoms with E-state index in [1.807, 2.05) is 0 Å². The van der Waals surface area contributed by atoms with Crippen LogP contribution in [0.15, 0.2) is 31.1 Å². The van der Waals surface area contributed by atoms with Crippen LogP contribution >= 0.6 is 23.2 Å². The van der Waals surface area contributed by atoms with Gasteiger partial charge >= 0.3 is 0 Å². The minimum atomic E-state index is -0.689. The molecule has 1 fully saturated rings. The molecule has 2 atom stereocenters. The van der Waals surface area contributed by atoms with Crippen LogP contribution in [0, 0.1) is 0 Å². The number of anilines is 1. The van der Waals surface area contributed by atoms with Crippen LogP contribution in [0.25, 0.3) is 11.9 Å². The Morgan fingerprint density at radius 3 is 2.24 bits per heavy atom. The van der Waals surface area contributed by atoms with E-state index < -0.39 is 5.83 Å². The zero-order valence-corrected chi connectivity index (χ0v) is 19.8. The molecule has 0 spiro atoms. The summed E-state index contributed by atoms with van der Waals surface area (Å²) in [6.45, 7) is 3.50. The predicted molar refractivity (Wildman–Crippen MR) is 129 cm³/mol. The van der Waals surface area contributed by atoms with Gasteiger partial charge in [-0.1, -0.05) is 42.6 Å². The molecule has 0 bridgehead atoms. The molecule has 1 aliphatic rings. The topological polar surface area (TPSA) is 85.4 Å². The third-order valence-corrected chi connectivity index (χ3v) is 6.12. The van der Waals surface area contributed by atoms with Gasteiger partial charge in [-0.3, -0.25) is 4.79 Å². The van der Waals surface area contributed by atoms with E-state index in [4.69, 9.17) is 32.7 Å². The van der Waals surface area contributed by atoms with Gasteiger partial charge in [0, 0.05) is 36.1 Å². The zero-order chi connectivity index (χ0) is 24.0. The molecule has 0 radical (unpaired) electrons. The molecule has 33 heavy (non-hydrogen) atoms. The van der Waals surface area contributed by atoms with Crippen molar-refractivity contribution < 1.29 is 18.7 Å². The Morgan fingerprint density at radius 1 is 1.12 bits per heavy atom. The Kier molecular flexibility index (Phi) is 8.52. The summed E-state index contributed by atoms with van der Waals surface area (Å²) in [6.07, 6.45) is 9.24. The molecular formula is C23H25Cl2FN4O3. The van der Waals surface area contributed by atoms with Crippen molar-refractivity contribution in [3.8, 4) is 11.5 Å². The van der Waals surface area contributed by atoms with E-state index in [1.54, 1.807) is 0 Å². The zero-order valence-electron chi connectivity index (χ0n) is 18.3. The Balaban J connectivity index is 1.79. The average molecular weight is 495 g/mol. The molecule has 3 rings (SSSR count). The third-order valence-electron chi connectivity index (χ3n) is 5.37. The number of methoxy groups -OCH3 is 2. The van der Waals surface area contributed by atoms with E-state index in [-0.39, 0.29) is 45.1 Å². The Bertz CT molecular complexity index is 1020. The monoisotopic (exact) mass is 494 g/mol. The quantitative estimate of drug-likeness (QED) is 0.484. The Morgan fingerprint density at radius 2 is 1.70 bits per heavy atom. The average Bonchev–Trinajstić information content (AvgIpc) is 2.81. The molecule has 2 N–H and O–H groups in total. The first-order valence-electron chi connectivity index (χ1n) is 10.4. The highest BCUT2D eigenvalue weighted by Crippen LogP contribution is 2.44. The molecule has 1 heterocycles. The highest BCUT2D eigenvalue weighted by atomic mass is 35.5. The van der Waals surface area contributed by atoms with Gasteiger partial charge in [-0.15, -0.1) is 0 Å². The highest BCUT2D eigenvalue weighted by molar-refractivity contribution is 6.39. The fourth-order valence-electron chi connectivity index (χ4n) is 3.68. The second kappa shape index (κ2) is 11.3. The first-order chi connectivity index (χ1) is 15.9. The van der Waals surface area contributed by atoms with E-state index in [2.05, 4.69) is 27.2 Å². The summed E-state index contributed by atoms with van der Waals surface area (Å²) in [5.41, 5.74) is 0.367. The Labute approximate surface area is 202 Å². The summed E-state index contributed by atoms with van der Waals surface area (Å²) < 4.78 is 25.5. The highest BCUT2D eigenvalue weighted by Gasteiger charge is 2.26. The molecule has 0 aliphatic heterocycles. The number of amides is 1. The molecule has 0 saturated heterocycles. The third kappa shape index (κ3) is 5.94. The molecule has 1 amide bonds. The van der Waals surface area contributed by atoms with Crippen LogP contribution in [0.4, 0.5) is 10.3 Å². The molecule has 1 saturated carbocycles. The Hall–Kier alpha value is -2.84. The molecule has 1 aromatic heterocycles. The number of nitrogens with one attached hydrogen (secondary N) is 2. The maximum atomic E-state index is 15.1. The number of carbonyl (C=O) groups is 1. The number of carbonyl (C=O) groups excluding carboxylic acids is 1. The van der Waals surface area contributed by atoms with Gasteiger partial charge in [0.1, 0.15) is 17.3 Å². The molecule has 176 valence electrons. The number of nitrogens with zero attached hydrogens (tertiary/aromatic N) is 2. The minimum absolute atomic E-state index is 0.0114. The second-order valence-electron chi connectivity index (χ2n) is 7.47. The maximum Gasteiger partial charge on any atom is 0.243 e. The lowest BCUT2D eigenvalue weighted by atomic mass is 9.90. The SMILES string of the molecule is C=CC(=O)N[C@H]1CCCC[C@H]1Nc1ncc(/C=C(\F)c2c(Cl)c(OC)cc(OC)c2Cl)cn1. The lowest BCUT2D eigenvalue weighted by Gasteiger charge is -2.32. The van der Waals surface area contributed by atoms with Gasteiger partial charge in [0.25, 0.3) is 0 Å². The van der Waals surface area contributed by atoms with Crippen molar-refractivity contribution in [2.45, 2.75) is 37.8 Å². The first-order valence-corrected chi connectivity index (χ1v) is 11.1. The molecule has 2 aromatic rings. The summed E-state index contributed by atoms with van der Waals surface area (Å²) in [6, 6.07) is 1.43. The molecular weight excluding hydrogens is 470 g/mol. The number of benzene rings is 1. The fourth-order valence-corrected chi connectivity index (χ4v) is 4.37. The number of hydrogen-bond acceptors (Lipinski definition) is 6. The predicted octanol–water partition coefficient (Wildman–Crippen LogP) is 5.29. The molecule has 7 nitrogen and oxygen atoms in total. The van der Waals surface area contributed by atoms with Crippen molar-refractivity contribution in [3.05, 3.63) is 52.3 Å². The van der Waals surface area contributed by atoms with Gasteiger partial charge in [-0.2, -0.15) is 0 Å². The number of halogens is 3. The molecule has 1 aromatic carbocycles. The van der Waals surface area contributed by atoms with Crippen LogP contribution in [0.3, 0.4) is 0 Å². The van der Waals surface area contributed by atoms with Gasteiger partial charge in [-0.05, 0) is 25.0 Å². The smallest absolute Gasteiger partial charge is 0.243 e. The van der Waals surface area contributed by atoms with Gasteiger partial charge in [0.05, 0.1) is 29.8 Å². The minimum Gasteiger partial charge on any atom is -0.495 e. The number of ether oxygens (including phenoxy) is 2. The van der Waals surface area contributed by atoms with Gasteiger partial charge in [-0.25, -0.2) is 14.4 Å². The van der Waals surface area contributed by atoms with Crippen LogP contribution in [0.5, 0.6) is 11.5 Å². The van der Waals surface area contributed by atoms with Crippen LogP contribution in [-0.2, 0) is 4.79 Å². The molecule has 0 unspecified atom stereocenters. The van der Waals surface area contributed by atoms with Gasteiger partial charge in [0.15, 0.2) is 0 Å². The van der Waals surface area contributed by atoms with Crippen molar-refractivity contribution in [2.24, 2.45) is 0 Å². The lowest BCUT2D eigenvalue weighted by Crippen LogP contribution is -2.48. The van der Waals surface area contributed by atoms with Crippen LogP contribution in [0.2, 0.25) is 10.0 Å². The van der Waals surface area contributed by atoms with E-state index >= 15 is 4.39 Å². The normalized spacial score (nSPS) is 18.4. The summed E-state index contributed by atoms with van der Waals surface area (Å²) in [7, 11) is 2.83. The van der Waals surface area contributed by atoms with Crippen molar-refractivity contribution in [2.75, 3.05) is 19.5 Å². The van der Waals surface area contributed by atoms with E-state index in [0.717, 1.165) is 25.7 Å². The van der Waals surface area contributed by atoms with Crippen LogP contribution in [-0.4, -0.2) is 42.2 Å². The standard InChI is InChI=1S/C23H25Cl2FN4O3/c1-4-19(31)29-15-7-5-6-8-16(15)30-23-27-11-13(12-28-23)9-14(26)20-21(24)17(32-2)10-18(33-3)22(20)25/h4,9-12,15-16H,1,5-8H2,2-3H3,(H,29,31)(H,27,28,30)/b14-9-/t15-,16+/m0/s1. The van der Waals surface area contributed by atoms with E-state index in [0.29, 0.717) is 11.5 Å². The van der Waals surface area contributed by atoms with Gasteiger partial charge in [0.2, 0.25) is 11.9 Å². The summed E-state index contributed by atoms with van der Waals surface area (Å²) in [5, 5.41) is 6.26. The van der Waals surface area contributed by atoms with Crippen molar-refractivity contribution >= 4 is 47.0 Å². The van der Waals surface area contributed by atoms with Crippen molar-refractivity contribution in [3.63, 3.8) is 0 Å². The number of rotatable bonds is 8. The number of hydrogen-bond donors (Lipinski definition) is 2. The van der Waals surface area contributed by atoms with E-state index in [1.165, 1.54) is 44.8 Å². The maximum absolute atomic E-state index is 15.1. The van der Waals surface area contributed by atoms with Crippen molar-refractivity contribution in [1.29, 1.82) is 0 Å². The number of aromatic nitrogens is 2. The van der Waals surface area contributed by atoms with Crippen LogP contribution < -0.4 is 20.1 Å². The lowest BCUT2D eigenvalue weighted by molar-refractivity contribution is -0.117. The molecule has 1 aliphatic carbocycles. The second-order valence-corrected chi connectivity index (χ2v) is 8.23. The van der Waals surface area contributed by atoms with Gasteiger partial charge < -0.3 is 20.1 Å². The summed E-state index contributed by atoms with van der Waals surface area (Å²) in [5.74, 6) is -0.0461. The fraction of sp³-hybridized carbons (Fsp3) is 0.348. The summed E-state index contributed by atoms with van der Waals surface area (Å²) in [4.78, 5) is 20.3.